The van der Waals surface area contributed by atoms with E-state index in [0.29, 0.717) is 23.6 Å². The van der Waals surface area contributed by atoms with Crippen molar-refractivity contribution in [2.45, 2.75) is 32.2 Å². The van der Waals surface area contributed by atoms with Crippen LogP contribution in [0.4, 0.5) is 0 Å². The SMILES string of the molecule is Cc1c(C(=O)NC(CC2CC2)C(=O)O)cnn1-c1ccccc1. The van der Waals surface area contributed by atoms with Crippen LogP contribution >= 0.6 is 0 Å². The van der Waals surface area contributed by atoms with Crippen molar-refractivity contribution in [2.75, 3.05) is 0 Å². The zero-order chi connectivity index (χ0) is 16.4. The minimum Gasteiger partial charge on any atom is -0.480 e. The fourth-order valence-corrected chi connectivity index (χ4v) is 2.61. The first-order chi connectivity index (χ1) is 11.1. The Hall–Kier alpha value is -2.63. The first-order valence-corrected chi connectivity index (χ1v) is 7.70. The highest BCUT2D eigenvalue weighted by molar-refractivity contribution is 5.97. The van der Waals surface area contributed by atoms with Crippen molar-refractivity contribution in [3.63, 3.8) is 0 Å². The summed E-state index contributed by atoms with van der Waals surface area (Å²) >= 11 is 0. The third-order valence-corrected chi connectivity index (χ3v) is 4.12. The summed E-state index contributed by atoms with van der Waals surface area (Å²) in [7, 11) is 0. The fourth-order valence-electron chi connectivity index (χ4n) is 2.61. The van der Waals surface area contributed by atoms with E-state index in [1.54, 1.807) is 11.6 Å². The number of rotatable bonds is 6. The number of carboxylic acid groups (broad SMARTS) is 1. The largest absolute Gasteiger partial charge is 0.480 e. The van der Waals surface area contributed by atoms with Gasteiger partial charge in [-0.05, 0) is 31.4 Å². The van der Waals surface area contributed by atoms with Gasteiger partial charge >= 0.3 is 5.97 Å². The molecule has 1 aromatic carbocycles. The van der Waals surface area contributed by atoms with E-state index in [0.717, 1.165) is 18.5 Å². The maximum Gasteiger partial charge on any atom is 0.326 e. The molecule has 0 radical (unpaired) electrons. The molecule has 1 heterocycles. The number of nitrogens with one attached hydrogen (secondary N) is 1. The summed E-state index contributed by atoms with van der Waals surface area (Å²) in [5.74, 6) is -0.958. The molecule has 1 atom stereocenters. The molecular formula is C17H19N3O3. The summed E-state index contributed by atoms with van der Waals surface area (Å²) in [5, 5.41) is 16.1. The number of carboxylic acids is 1. The fraction of sp³-hybridized carbons (Fsp3) is 0.353. The van der Waals surface area contributed by atoms with Crippen molar-refractivity contribution in [1.29, 1.82) is 0 Å². The second-order valence-corrected chi connectivity index (χ2v) is 5.93. The van der Waals surface area contributed by atoms with Gasteiger partial charge in [-0.2, -0.15) is 5.10 Å². The number of hydrogen-bond donors (Lipinski definition) is 2. The number of benzene rings is 1. The lowest BCUT2D eigenvalue weighted by atomic mass is 10.1. The second kappa shape index (κ2) is 6.24. The van der Waals surface area contributed by atoms with Crippen LogP contribution in [0.25, 0.3) is 5.69 Å². The average Bonchev–Trinajstić information content (AvgIpc) is 3.27. The molecule has 2 aromatic rings. The van der Waals surface area contributed by atoms with Crippen molar-refractivity contribution in [3.05, 3.63) is 47.8 Å². The predicted molar refractivity (Wildman–Crippen MR) is 84.5 cm³/mol. The van der Waals surface area contributed by atoms with Crippen LogP contribution in [-0.4, -0.2) is 32.8 Å². The molecule has 1 saturated carbocycles. The number of aliphatic carboxylic acids is 1. The predicted octanol–water partition coefficient (Wildman–Crippen LogP) is 2.16. The molecule has 3 rings (SSSR count). The van der Waals surface area contributed by atoms with E-state index < -0.39 is 17.9 Å². The summed E-state index contributed by atoms with van der Waals surface area (Å²) < 4.78 is 1.67. The molecule has 1 unspecified atom stereocenters. The van der Waals surface area contributed by atoms with Gasteiger partial charge in [-0.25, -0.2) is 9.48 Å². The number of hydrogen-bond acceptors (Lipinski definition) is 3. The summed E-state index contributed by atoms with van der Waals surface area (Å²) in [5.41, 5.74) is 1.94. The molecule has 6 nitrogen and oxygen atoms in total. The van der Waals surface area contributed by atoms with Gasteiger partial charge in [0.05, 0.1) is 23.1 Å². The molecule has 1 aliphatic rings. The number of amides is 1. The van der Waals surface area contributed by atoms with E-state index in [1.807, 2.05) is 30.3 Å². The van der Waals surface area contributed by atoms with Crippen LogP contribution in [0.15, 0.2) is 36.5 Å². The van der Waals surface area contributed by atoms with Crippen molar-refractivity contribution >= 4 is 11.9 Å². The van der Waals surface area contributed by atoms with Crippen molar-refractivity contribution < 1.29 is 14.7 Å². The maximum absolute atomic E-state index is 12.4. The van der Waals surface area contributed by atoms with Crippen molar-refractivity contribution in [3.8, 4) is 5.69 Å². The number of carbonyl (C=O) groups is 2. The van der Waals surface area contributed by atoms with Gasteiger partial charge in [-0.1, -0.05) is 31.0 Å². The molecule has 120 valence electrons. The highest BCUT2D eigenvalue weighted by Gasteiger charge is 2.31. The molecule has 1 fully saturated rings. The third kappa shape index (κ3) is 3.41. The molecule has 1 aliphatic carbocycles. The average molecular weight is 313 g/mol. The van der Waals surface area contributed by atoms with Crippen LogP contribution in [0.2, 0.25) is 0 Å². The number of aromatic nitrogens is 2. The Balaban J connectivity index is 1.77. The topological polar surface area (TPSA) is 84.2 Å². The first-order valence-electron chi connectivity index (χ1n) is 7.70. The van der Waals surface area contributed by atoms with Gasteiger partial charge < -0.3 is 10.4 Å². The lowest BCUT2D eigenvalue weighted by molar-refractivity contribution is -0.139. The van der Waals surface area contributed by atoms with E-state index in [4.69, 9.17) is 0 Å². The highest BCUT2D eigenvalue weighted by atomic mass is 16.4. The quantitative estimate of drug-likeness (QED) is 0.856. The molecule has 0 bridgehead atoms. The monoisotopic (exact) mass is 313 g/mol. The molecule has 1 aromatic heterocycles. The van der Waals surface area contributed by atoms with Gasteiger partial charge in [0.1, 0.15) is 6.04 Å². The molecule has 1 amide bonds. The summed E-state index contributed by atoms with van der Waals surface area (Å²) in [6.07, 6.45) is 4.07. The maximum atomic E-state index is 12.4. The van der Waals surface area contributed by atoms with Gasteiger partial charge in [0.2, 0.25) is 0 Å². The minimum absolute atomic E-state index is 0.391. The number of nitrogens with zero attached hydrogens (tertiary/aromatic N) is 2. The highest BCUT2D eigenvalue weighted by Crippen LogP contribution is 2.33. The Morgan fingerprint density at radius 3 is 2.65 bits per heavy atom. The standard InChI is InChI=1S/C17H19N3O3/c1-11-14(10-18-20(11)13-5-3-2-4-6-13)16(21)19-15(17(22)23)9-12-7-8-12/h2-6,10,12,15H,7-9H2,1H3,(H,19,21)(H,22,23). The molecule has 0 aliphatic heterocycles. The van der Waals surface area contributed by atoms with E-state index in [9.17, 15) is 14.7 Å². The van der Waals surface area contributed by atoms with E-state index in [2.05, 4.69) is 10.4 Å². The Bertz CT molecular complexity index is 720. The molecule has 6 heteroatoms. The molecule has 0 spiro atoms. The lowest BCUT2D eigenvalue weighted by Crippen LogP contribution is -2.41. The van der Waals surface area contributed by atoms with Gasteiger partial charge in [0, 0.05) is 0 Å². The van der Waals surface area contributed by atoms with Crippen LogP contribution < -0.4 is 5.32 Å². The summed E-state index contributed by atoms with van der Waals surface area (Å²) in [6, 6.07) is 8.66. The third-order valence-electron chi connectivity index (χ3n) is 4.12. The van der Waals surface area contributed by atoms with Crippen LogP contribution in [0.1, 0.15) is 35.3 Å². The Morgan fingerprint density at radius 2 is 2.04 bits per heavy atom. The van der Waals surface area contributed by atoms with E-state index >= 15 is 0 Å². The smallest absolute Gasteiger partial charge is 0.326 e. The molecule has 2 N–H and O–H groups in total. The Morgan fingerprint density at radius 1 is 1.35 bits per heavy atom. The van der Waals surface area contributed by atoms with Crippen LogP contribution in [0.5, 0.6) is 0 Å². The number of para-hydroxylation sites is 1. The normalized spacial score (nSPS) is 15.2. The van der Waals surface area contributed by atoms with Gasteiger partial charge in [-0.15, -0.1) is 0 Å². The van der Waals surface area contributed by atoms with Crippen molar-refractivity contribution in [1.82, 2.24) is 15.1 Å². The second-order valence-electron chi connectivity index (χ2n) is 5.93. The van der Waals surface area contributed by atoms with E-state index in [-0.39, 0.29) is 0 Å². The van der Waals surface area contributed by atoms with E-state index in [1.165, 1.54) is 6.20 Å². The summed E-state index contributed by atoms with van der Waals surface area (Å²) in [4.78, 5) is 23.7. The van der Waals surface area contributed by atoms with Crippen LogP contribution in [-0.2, 0) is 4.79 Å². The molecule has 23 heavy (non-hydrogen) atoms. The Kier molecular flexibility index (Phi) is 4.14. The summed E-state index contributed by atoms with van der Waals surface area (Å²) in [6.45, 7) is 1.80. The van der Waals surface area contributed by atoms with Gasteiger partial charge in [0.15, 0.2) is 0 Å². The number of carbonyl (C=O) groups excluding carboxylic acids is 1. The minimum atomic E-state index is -0.988. The van der Waals surface area contributed by atoms with Gasteiger partial charge in [0.25, 0.3) is 5.91 Å². The Labute approximate surface area is 134 Å². The van der Waals surface area contributed by atoms with Crippen molar-refractivity contribution in [2.24, 2.45) is 5.92 Å². The first kappa shape index (κ1) is 15.3. The molecule has 0 saturated heterocycles. The zero-order valence-corrected chi connectivity index (χ0v) is 12.9. The van der Waals surface area contributed by atoms with Crippen LogP contribution in [0, 0.1) is 12.8 Å². The van der Waals surface area contributed by atoms with Gasteiger partial charge in [-0.3, -0.25) is 4.79 Å². The zero-order valence-electron chi connectivity index (χ0n) is 12.9. The lowest BCUT2D eigenvalue weighted by Gasteiger charge is -2.14. The molecular weight excluding hydrogens is 294 g/mol. The van der Waals surface area contributed by atoms with Crippen LogP contribution in [0.3, 0.4) is 0 Å².